The van der Waals surface area contributed by atoms with Crippen LogP contribution in [-0.2, 0) is 11.0 Å². The van der Waals surface area contributed by atoms with E-state index >= 15 is 0 Å². The Bertz CT molecular complexity index is 1510. The van der Waals surface area contributed by atoms with Crippen LogP contribution < -0.4 is 21.8 Å². The first-order chi connectivity index (χ1) is 22.0. The van der Waals surface area contributed by atoms with Crippen molar-refractivity contribution in [2.75, 3.05) is 6.54 Å². The molecule has 254 valence electrons. The van der Waals surface area contributed by atoms with Crippen molar-refractivity contribution in [3.8, 4) is 0 Å². The molecule has 2 aliphatic heterocycles. The minimum Gasteiger partial charge on any atom is -0.345 e. The molecule has 2 amide bonds. The molecular formula is C34H45F3N8O2. The molecule has 3 heterocycles. The molecule has 3 aliphatic rings. The number of hydrazone groups is 1. The summed E-state index contributed by atoms with van der Waals surface area (Å²) in [5, 5.41) is 6.79. The number of pyridine rings is 1. The number of rotatable bonds is 8. The van der Waals surface area contributed by atoms with Gasteiger partial charge in [-0.25, -0.2) is 5.53 Å². The van der Waals surface area contributed by atoms with Gasteiger partial charge in [-0.05, 0) is 85.1 Å². The summed E-state index contributed by atoms with van der Waals surface area (Å²) < 4.78 is 39.9. The molecule has 0 bridgehead atoms. The van der Waals surface area contributed by atoms with Gasteiger partial charge in [0.15, 0.2) is 5.84 Å². The largest absolute Gasteiger partial charge is 0.433 e. The summed E-state index contributed by atoms with van der Waals surface area (Å²) in [5.41, 5.74) is 7.91. The van der Waals surface area contributed by atoms with Gasteiger partial charge in [-0.1, -0.05) is 53.7 Å². The van der Waals surface area contributed by atoms with E-state index in [0.29, 0.717) is 36.6 Å². The monoisotopic (exact) mass is 654 g/mol. The molecule has 0 saturated heterocycles. The predicted octanol–water partition coefficient (Wildman–Crippen LogP) is 5.89. The average Bonchev–Trinajstić information content (AvgIpc) is 3.62. The third kappa shape index (κ3) is 7.77. The van der Waals surface area contributed by atoms with E-state index in [1.165, 1.54) is 6.07 Å². The molecule has 4 N–H and O–H groups in total. The van der Waals surface area contributed by atoms with Crippen LogP contribution in [0, 0.1) is 16.7 Å². The maximum atomic E-state index is 14.5. The van der Waals surface area contributed by atoms with Crippen molar-refractivity contribution >= 4 is 23.4 Å². The summed E-state index contributed by atoms with van der Waals surface area (Å²) in [6.07, 6.45) is 0.989. The van der Waals surface area contributed by atoms with Crippen LogP contribution in [0.5, 0.6) is 0 Å². The van der Waals surface area contributed by atoms with E-state index in [9.17, 15) is 22.8 Å². The van der Waals surface area contributed by atoms with Gasteiger partial charge in [0.05, 0.1) is 12.6 Å². The Balaban J connectivity index is 1.49. The molecule has 1 unspecified atom stereocenters. The number of hydrazine groups is 2. The minimum absolute atomic E-state index is 0.0281. The van der Waals surface area contributed by atoms with Gasteiger partial charge < -0.3 is 10.2 Å². The lowest BCUT2D eigenvalue weighted by Crippen LogP contribution is -2.51. The summed E-state index contributed by atoms with van der Waals surface area (Å²) in [6, 6.07) is 9.09. The lowest BCUT2D eigenvalue weighted by Gasteiger charge is -2.47. The fourth-order valence-electron chi connectivity index (χ4n) is 6.68. The van der Waals surface area contributed by atoms with Gasteiger partial charge in [0, 0.05) is 17.3 Å². The highest BCUT2D eigenvalue weighted by atomic mass is 19.4. The van der Waals surface area contributed by atoms with Gasteiger partial charge in [0.2, 0.25) is 0 Å². The second-order valence-corrected chi connectivity index (χ2v) is 15.0. The molecule has 10 nitrogen and oxygen atoms in total. The lowest BCUT2D eigenvalue weighted by molar-refractivity contribution is -0.141. The van der Waals surface area contributed by atoms with Crippen molar-refractivity contribution in [3.05, 3.63) is 65.0 Å². The molecule has 1 aromatic heterocycles. The number of hydrogen-bond acceptors (Lipinski definition) is 8. The number of aromatic nitrogens is 1. The van der Waals surface area contributed by atoms with E-state index < -0.39 is 17.5 Å². The summed E-state index contributed by atoms with van der Waals surface area (Å²) in [5.74, 6) is 0.400. The summed E-state index contributed by atoms with van der Waals surface area (Å²) >= 11 is 0. The van der Waals surface area contributed by atoms with Crippen LogP contribution in [0.2, 0.25) is 0 Å². The standard InChI is InChI=1S/C34H45F3N8O2/c1-31(2,3)16-15-25(21-7-9-22(10-8-21)29(46)39-20-27-41-43-44-42-27)45-30(47)28(23-11-12-26(38-19-23)34(35,36)37)40-33(45)17-13-24(14-18-33)32(4,5)6/h7-12,19,24-25,43-44H,13-18,20H2,1-6H3,(H,39,46)(H,41,42). The molecule has 13 heteroatoms. The maximum Gasteiger partial charge on any atom is 0.433 e. The molecule has 1 aromatic carbocycles. The van der Waals surface area contributed by atoms with Gasteiger partial charge >= 0.3 is 6.18 Å². The van der Waals surface area contributed by atoms with E-state index in [0.717, 1.165) is 37.1 Å². The van der Waals surface area contributed by atoms with E-state index in [1.54, 1.807) is 12.1 Å². The van der Waals surface area contributed by atoms with E-state index in [4.69, 9.17) is 4.99 Å². The van der Waals surface area contributed by atoms with Crippen molar-refractivity contribution in [2.45, 2.75) is 97.9 Å². The van der Waals surface area contributed by atoms with Crippen LogP contribution in [-0.4, -0.2) is 45.5 Å². The zero-order valence-electron chi connectivity index (χ0n) is 27.9. The Kier molecular flexibility index (Phi) is 9.42. The number of halogens is 3. The SMILES string of the molecule is CC(C)(C)CCC(c1ccc(C(=O)NCC2=NNNN2)cc1)N1C(=O)C(c2ccc(C(F)(F)F)nc2)=NC12CCC(C(C)(C)C)CC2. The number of alkyl halides is 3. The van der Waals surface area contributed by atoms with Crippen LogP contribution in [0.3, 0.4) is 0 Å². The molecule has 2 aromatic rings. The number of amides is 2. The molecule has 1 atom stereocenters. The topological polar surface area (TPSA) is 123 Å². The van der Waals surface area contributed by atoms with Crippen LogP contribution in [0.4, 0.5) is 13.2 Å². The maximum absolute atomic E-state index is 14.5. The fraction of sp³-hybridized carbons (Fsp3) is 0.559. The first kappa shape index (κ1) is 34.3. The number of carbonyl (C=O) groups is 2. The highest BCUT2D eigenvalue weighted by Crippen LogP contribution is 2.50. The van der Waals surface area contributed by atoms with Crippen molar-refractivity contribution in [1.29, 1.82) is 0 Å². The molecule has 1 saturated carbocycles. The zero-order valence-corrected chi connectivity index (χ0v) is 27.9. The number of benzene rings is 1. The van der Waals surface area contributed by atoms with Crippen LogP contribution in [0.1, 0.15) is 113 Å². The molecule has 1 spiro atoms. The zero-order chi connectivity index (χ0) is 34.2. The predicted molar refractivity (Wildman–Crippen MR) is 174 cm³/mol. The third-order valence-electron chi connectivity index (χ3n) is 9.44. The number of nitrogens with one attached hydrogen (secondary N) is 4. The summed E-state index contributed by atoms with van der Waals surface area (Å²) in [7, 11) is 0. The quantitative estimate of drug-likeness (QED) is 0.282. The van der Waals surface area contributed by atoms with Crippen molar-refractivity contribution in [1.82, 2.24) is 31.7 Å². The van der Waals surface area contributed by atoms with Gasteiger partial charge in [-0.2, -0.15) is 13.2 Å². The van der Waals surface area contributed by atoms with E-state index in [-0.39, 0.29) is 46.5 Å². The van der Waals surface area contributed by atoms with Crippen molar-refractivity contribution in [3.63, 3.8) is 0 Å². The van der Waals surface area contributed by atoms with Gasteiger partial charge in [-0.3, -0.25) is 25.0 Å². The number of hydrogen-bond donors (Lipinski definition) is 4. The minimum atomic E-state index is -4.59. The van der Waals surface area contributed by atoms with Crippen LogP contribution in [0.15, 0.2) is 52.7 Å². The van der Waals surface area contributed by atoms with E-state index in [2.05, 4.69) is 73.4 Å². The second-order valence-electron chi connectivity index (χ2n) is 15.0. The van der Waals surface area contributed by atoms with Gasteiger partial charge in [0.1, 0.15) is 17.1 Å². The summed E-state index contributed by atoms with van der Waals surface area (Å²) in [4.78, 5) is 38.0. The molecule has 5 rings (SSSR count). The first-order valence-corrected chi connectivity index (χ1v) is 16.1. The normalized spacial score (nSPS) is 22.4. The lowest BCUT2D eigenvalue weighted by atomic mass is 9.69. The number of amidine groups is 1. The average molecular weight is 655 g/mol. The number of nitrogens with zero attached hydrogens (tertiary/aromatic N) is 4. The highest BCUT2D eigenvalue weighted by Gasteiger charge is 2.53. The highest BCUT2D eigenvalue weighted by molar-refractivity contribution is 6.46. The molecule has 47 heavy (non-hydrogen) atoms. The number of aliphatic imine (C=N–C) groups is 1. The fourth-order valence-corrected chi connectivity index (χ4v) is 6.68. The Morgan fingerprint density at radius 3 is 2.26 bits per heavy atom. The Morgan fingerprint density at radius 2 is 1.72 bits per heavy atom. The van der Waals surface area contributed by atoms with Gasteiger partial charge in [0.25, 0.3) is 11.8 Å². The Hall–Kier alpha value is -4.00. The molecule has 1 aliphatic carbocycles. The smallest absolute Gasteiger partial charge is 0.345 e. The summed E-state index contributed by atoms with van der Waals surface area (Å²) in [6.45, 7) is 13.3. The Morgan fingerprint density at radius 1 is 1.04 bits per heavy atom. The van der Waals surface area contributed by atoms with Crippen LogP contribution in [0.25, 0.3) is 0 Å². The van der Waals surface area contributed by atoms with E-state index in [1.807, 2.05) is 17.0 Å². The van der Waals surface area contributed by atoms with Crippen molar-refractivity contribution in [2.24, 2.45) is 26.8 Å². The molecule has 1 fully saturated rings. The number of carbonyl (C=O) groups excluding carboxylic acids is 2. The molecule has 0 radical (unpaired) electrons. The second kappa shape index (κ2) is 12.9. The molecular weight excluding hydrogens is 609 g/mol. The van der Waals surface area contributed by atoms with Gasteiger partial charge in [-0.15, -0.1) is 10.6 Å². The van der Waals surface area contributed by atoms with Crippen LogP contribution >= 0.6 is 0 Å². The Labute approximate surface area is 274 Å². The third-order valence-corrected chi connectivity index (χ3v) is 9.44. The first-order valence-electron chi connectivity index (χ1n) is 16.1. The van der Waals surface area contributed by atoms with Crippen molar-refractivity contribution < 1.29 is 22.8 Å².